The Labute approximate surface area is 81.0 Å². The molecule has 0 radical (unpaired) electrons. The lowest BCUT2D eigenvalue weighted by Crippen LogP contribution is -2.15. The van der Waals surface area contributed by atoms with Gasteiger partial charge in [0.15, 0.2) is 0 Å². The molecule has 1 aliphatic heterocycles. The van der Waals surface area contributed by atoms with Crippen LogP contribution in [0.1, 0.15) is 13.3 Å². The van der Waals surface area contributed by atoms with Crippen LogP contribution in [0.4, 0.5) is 0 Å². The predicted octanol–water partition coefficient (Wildman–Crippen LogP) is 1.50. The molecule has 0 saturated carbocycles. The fraction of sp³-hybridized carbons (Fsp3) is 0.375. The molecule has 0 amide bonds. The molecule has 13 heavy (non-hydrogen) atoms. The lowest BCUT2D eigenvalue weighted by molar-refractivity contribution is -0.132. The third-order valence-corrected chi connectivity index (χ3v) is 1.68. The van der Waals surface area contributed by atoms with Crippen molar-refractivity contribution in [2.24, 2.45) is 9.98 Å². The van der Waals surface area contributed by atoms with E-state index in [4.69, 9.17) is 11.6 Å². The third-order valence-electron chi connectivity index (χ3n) is 1.51. The molecule has 0 bridgehead atoms. The number of nitrogens with zero attached hydrogens (tertiary/aromatic N) is 2. The first-order valence-electron chi connectivity index (χ1n) is 3.70. The summed E-state index contributed by atoms with van der Waals surface area (Å²) >= 11 is 5.63. The van der Waals surface area contributed by atoms with Crippen molar-refractivity contribution in [1.29, 1.82) is 0 Å². The summed E-state index contributed by atoms with van der Waals surface area (Å²) in [5.74, 6) is -0.473. The van der Waals surface area contributed by atoms with Gasteiger partial charge < -0.3 is 4.74 Å². The first-order chi connectivity index (χ1) is 6.13. The van der Waals surface area contributed by atoms with Crippen LogP contribution in [-0.4, -0.2) is 24.1 Å². The van der Waals surface area contributed by atoms with E-state index >= 15 is 0 Å². The van der Waals surface area contributed by atoms with Crippen molar-refractivity contribution in [3.8, 4) is 0 Å². The molecule has 1 aliphatic rings. The van der Waals surface area contributed by atoms with Gasteiger partial charge in [0.1, 0.15) is 5.71 Å². The smallest absolute Gasteiger partial charge is 0.352 e. The molecule has 0 aromatic rings. The summed E-state index contributed by atoms with van der Waals surface area (Å²) in [4.78, 5) is 18.8. The van der Waals surface area contributed by atoms with E-state index in [1.54, 1.807) is 13.0 Å². The number of esters is 1. The largest absolute Gasteiger partial charge is 0.465 e. The minimum absolute atomic E-state index is 0.0617. The number of rotatable bonds is 1. The van der Waals surface area contributed by atoms with Crippen LogP contribution < -0.4 is 0 Å². The highest BCUT2D eigenvalue weighted by molar-refractivity contribution is 6.66. The van der Waals surface area contributed by atoms with Gasteiger partial charge in [-0.05, 0) is 18.5 Å². The fourth-order valence-corrected chi connectivity index (χ4v) is 1.10. The minimum Gasteiger partial charge on any atom is -0.465 e. The summed E-state index contributed by atoms with van der Waals surface area (Å²) in [6.07, 6.45) is 2.17. The van der Waals surface area contributed by atoms with Gasteiger partial charge >= 0.3 is 5.97 Å². The molecule has 0 saturated heterocycles. The molecule has 0 aliphatic carbocycles. The van der Waals surface area contributed by atoms with Gasteiger partial charge in [-0.25, -0.2) is 14.8 Å². The second-order valence-corrected chi connectivity index (χ2v) is 2.82. The lowest BCUT2D eigenvalue weighted by Gasteiger charge is -1.97. The Morgan fingerprint density at radius 2 is 2.31 bits per heavy atom. The van der Waals surface area contributed by atoms with Crippen LogP contribution in [-0.2, 0) is 9.53 Å². The van der Waals surface area contributed by atoms with Crippen molar-refractivity contribution in [1.82, 2.24) is 0 Å². The van der Waals surface area contributed by atoms with E-state index in [1.807, 2.05) is 0 Å². The maximum atomic E-state index is 11.1. The van der Waals surface area contributed by atoms with E-state index < -0.39 is 5.97 Å². The third kappa shape index (κ3) is 2.66. The molecular weight excluding hydrogens is 192 g/mol. The van der Waals surface area contributed by atoms with Gasteiger partial charge in [0.05, 0.1) is 7.11 Å². The molecule has 5 heteroatoms. The van der Waals surface area contributed by atoms with Crippen LogP contribution in [0.3, 0.4) is 0 Å². The summed E-state index contributed by atoms with van der Waals surface area (Å²) in [6.45, 7) is 1.79. The van der Waals surface area contributed by atoms with Crippen molar-refractivity contribution in [2.45, 2.75) is 13.3 Å². The van der Waals surface area contributed by atoms with Gasteiger partial charge in [-0.15, -0.1) is 0 Å². The number of amidine groups is 1. The molecule has 0 aromatic heterocycles. The number of hydrogen-bond acceptors (Lipinski definition) is 4. The molecule has 1 heterocycles. The number of ether oxygens (including phenoxy) is 1. The Kier molecular flexibility index (Phi) is 3.19. The van der Waals surface area contributed by atoms with Gasteiger partial charge in [-0.2, -0.15) is 0 Å². The summed E-state index contributed by atoms with van der Waals surface area (Å²) < 4.78 is 4.52. The van der Waals surface area contributed by atoms with E-state index in [0.717, 1.165) is 5.70 Å². The zero-order chi connectivity index (χ0) is 9.84. The number of allylic oxidation sites excluding steroid dienone is 2. The van der Waals surface area contributed by atoms with Crippen LogP contribution in [0.2, 0.25) is 0 Å². The van der Waals surface area contributed by atoms with E-state index in [1.165, 1.54) is 7.11 Å². The maximum Gasteiger partial charge on any atom is 0.352 e. The summed E-state index contributed by atoms with van der Waals surface area (Å²) in [5, 5.41) is 0.0617. The van der Waals surface area contributed by atoms with Crippen LogP contribution in [0, 0.1) is 0 Å². The number of methoxy groups -OCH3 is 1. The molecule has 4 nitrogen and oxygen atoms in total. The average Bonchev–Trinajstić information content (AvgIpc) is 2.25. The van der Waals surface area contributed by atoms with E-state index in [0.29, 0.717) is 6.42 Å². The quantitative estimate of drug-likeness (QED) is 0.476. The van der Waals surface area contributed by atoms with Crippen molar-refractivity contribution in [3.05, 3.63) is 11.8 Å². The van der Waals surface area contributed by atoms with Gasteiger partial charge in [-0.1, -0.05) is 6.08 Å². The number of hydrogen-bond donors (Lipinski definition) is 0. The van der Waals surface area contributed by atoms with Crippen LogP contribution in [0.5, 0.6) is 0 Å². The lowest BCUT2D eigenvalue weighted by atomic mass is 10.2. The Morgan fingerprint density at radius 3 is 2.92 bits per heavy atom. The Bertz CT molecular complexity index is 318. The second-order valence-electron chi connectivity index (χ2n) is 2.48. The molecule has 1 rings (SSSR count). The second kappa shape index (κ2) is 4.18. The average molecular weight is 201 g/mol. The minimum atomic E-state index is -0.473. The topological polar surface area (TPSA) is 51.0 Å². The highest BCUT2D eigenvalue weighted by Gasteiger charge is 2.13. The molecule has 0 fully saturated rings. The Morgan fingerprint density at radius 1 is 1.62 bits per heavy atom. The number of carbonyl (C=O) groups excluding carboxylic acids is 1. The first kappa shape index (κ1) is 9.92. The molecule has 70 valence electrons. The molecule has 0 atom stereocenters. The Balaban J connectivity index is 2.91. The van der Waals surface area contributed by atoms with Crippen molar-refractivity contribution in [3.63, 3.8) is 0 Å². The number of carbonyl (C=O) groups is 1. The highest BCUT2D eigenvalue weighted by Crippen LogP contribution is 2.08. The monoisotopic (exact) mass is 200 g/mol. The molecule has 0 N–H and O–H groups in total. The zero-order valence-electron chi connectivity index (χ0n) is 7.37. The van der Waals surface area contributed by atoms with Crippen LogP contribution >= 0.6 is 11.6 Å². The fourth-order valence-electron chi connectivity index (χ4n) is 0.864. The molecule has 0 aromatic carbocycles. The Hall–Kier alpha value is -1.16. The van der Waals surface area contributed by atoms with Crippen LogP contribution in [0.15, 0.2) is 21.8 Å². The molecule has 0 spiro atoms. The highest BCUT2D eigenvalue weighted by atomic mass is 35.5. The van der Waals surface area contributed by atoms with Crippen molar-refractivity contribution < 1.29 is 9.53 Å². The van der Waals surface area contributed by atoms with Gasteiger partial charge in [0, 0.05) is 12.1 Å². The maximum absolute atomic E-state index is 11.1. The van der Waals surface area contributed by atoms with E-state index in [-0.39, 0.29) is 11.0 Å². The summed E-state index contributed by atoms with van der Waals surface area (Å²) in [7, 11) is 1.30. The number of aliphatic imine (C=N–C) groups is 2. The predicted molar refractivity (Wildman–Crippen MR) is 51.1 cm³/mol. The molecule has 0 unspecified atom stereocenters. The van der Waals surface area contributed by atoms with E-state index in [2.05, 4.69) is 14.7 Å². The SMILES string of the molecule is COC(=O)C1=NC(Cl)=NC(C)=CC1. The van der Waals surface area contributed by atoms with Gasteiger partial charge in [0.2, 0.25) is 5.29 Å². The zero-order valence-corrected chi connectivity index (χ0v) is 8.13. The normalized spacial score (nSPS) is 16.7. The van der Waals surface area contributed by atoms with Gasteiger partial charge in [-0.3, -0.25) is 0 Å². The number of halogens is 1. The standard InChI is InChI=1S/C8H9ClN2O2/c1-5-3-4-6(7(12)13-2)11-8(9)10-5/h3H,4H2,1-2H3. The van der Waals surface area contributed by atoms with Crippen molar-refractivity contribution >= 4 is 28.6 Å². The first-order valence-corrected chi connectivity index (χ1v) is 4.08. The summed E-state index contributed by atoms with van der Waals surface area (Å²) in [5.41, 5.74) is 1.01. The van der Waals surface area contributed by atoms with E-state index in [9.17, 15) is 4.79 Å². The van der Waals surface area contributed by atoms with Crippen molar-refractivity contribution in [2.75, 3.05) is 7.11 Å². The molecular formula is C8H9ClN2O2. The van der Waals surface area contributed by atoms with Crippen LogP contribution in [0.25, 0.3) is 0 Å². The van der Waals surface area contributed by atoms with Gasteiger partial charge in [0.25, 0.3) is 0 Å². The summed E-state index contributed by atoms with van der Waals surface area (Å²) in [6, 6.07) is 0.